The largest absolute Gasteiger partial charge is 0.481 e. The normalized spacial score (nSPS) is 12.0. The minimum Gasteiger partial charge on any atom is -0.481 e. The fourth-order valence-corrected chi connectivity index (χ4v) is 2.39. The van der Waals surface area contributed by atoms with Crippen molar-refractivity contribution in [2.45, 2.75) is 19.4 Å². The van der Waals surface area contributed by atoms with Crippen molar-refractivity contribution in [3.63, 3.8) is 0 Å². The molecule has 0 bridgehead atoms. The number of anilines is 1. The molecular weight excluding hydrogens is 304 g/mol. The second-order valence-corrected chi connectivity index (χ2v) is 5.75. The highest BCUT2D eigenvalue weighted by atomic mass is 16.4. The van der Waals surface area contributed by atoms with E-state index in [0.717, 1.165) is 11.3 Å². The van der Waals surface area contributed by atoms with Gasteiger partial charge in [0.15, 0.2) is 0 Å². The summed E-state index contributed by atoms with van der Waals surface area (Å²) in [4.78, 5) is 24.9. The van der Waals surface area contributed by atoms with Crippen molar-refractivity contribution in [1.29, 1.82) is 0 Å². The summed E-state index contributed by atoms with van der Waals surface area (Å²) in [5.41, 5.74) is 2.35. The van der Waals surface area contributed by atoms with E-state index in [-0.39, 0.29) is 18.4 Å². The maximum absolute atomic E-state index is 12.2. The smallest absolute Gasteiger partial charge is 0.304 e. The number of amides is 1. The lowest BCUT2D eigenvalue weighted by Crippen LogP contribution is -2.25. The zero-order valence-electron chi connectivity index (χ0n) is 13.9. The summed E-state index contributed by atoms with van der Waals surface area (Å²) in [5.74, 6) is -0.961. The second kappa shape index (κ2) is 8.26. The van der Waals surface area contributed by atoms with Crippen LogP contribution in [0.25, 0.3) is 0 Å². The molecule has 2 N–H and O–H groups in total. The van der Waals surface area contributed by atoms with Crippen molar-refractivity contribution in [3.8, 4) is 0 Å². The Labute approximate surface area is 141 Å². The van der Waals surface area contributed by atoms with Gasteiger partial charge in [0, 0.05) is 23.8 Å². The molecule has 0 heterocycles. The van der Waals surface area contributed by atoms with E-state index in [9.17, 15) is 9.59 Å². The number of carboxylic acids is 1. The number of aliphatic carboxylic acids is 1. The van der Waals surface area contributed by atoms with E-state index in [4.69, 9.17) is 5.11 Å². The molecule has 0 aliphatic heterocycles. The highest BCUT2D eigenvalue weighted by Gasteiger charge is 2.14. The zero-order chi connectivity index (χ0) is 17.5. The third-order valence-electron chi connectivity index (χ3n) is 4.00. The van der Waals surface area contributed by atoms with Gasteiger partial charge in [-0.3, -0.25) is 14.5 Å². The third kappa shape index (κ3) is 4.93. The highest BCUT2D eigenvalue weighted by molar-refractivity contribution is 6.04. The standard InChI is InChI=1S/C19H22N2O3/c1-14(21(2)12-11-18(22)23)16-9-6-10-17(13-16)20-19(24)15-7-4-3-5-8-15/h3-10,13-14H,11-12H2,1-2H3,(H,20,24)(H,22,23). The molecule has 2 rings (SSSR count). The molecule has 24 heavy (non-hydrogen) atoms. The zero-order valence-corrected chi connectivity index (χ0v) is 13.9. The molecule has 0 aliphatic rings. The van der Waals surface area contributed by atoms with Crippen LogP contribution in [0, 0.1) is 0 Å². The Morgan fingerprint density at radius 3 is 2.50 bits per heavy atom. The van der Waals surface area contributed by atoms with Crippen molar-refractivity contribution >= 4 is 17.6 Å². The van der Waals surface area contributed by atoms with E-state index in [1.165, 1.54) is 0 Å². The minimum absolute atomic E-state index is 0.0536. The molecule has 1 unspecified atom stereocenters. The van der Waals surface area contributed by atoms with Crippen LogP contribution in [0.4, 0.5) is 5.69 Å². The summed E-state index contributed by atoms with van der Waals surface area (Å²) >= 11 is 0. The molecule has 0 aromatic heterocycles. The Hall–Kier alpha value is -2.66. The summed E-state index contributed by atoms with van der Waals surface area (Å²) < 4.78 is 0. The van der Waals surface area contributed by atoms with E-state index >= 15 is 0 Å². The Morgan fingerprint density at radius 1 is 1.12 bits per heavy atom. The Balaban J connectivity index is 2.05. The number of carbonyl (C=O) groups excluding carboxylic acids is 1. The quantitative estimate of drug-likeness (QED) is 0.818. The van der Waals surface area contributed by atoms with E-state index < -0.39 is 5.97 Å². The van der Waals surface area contributed by atoms with Crippen LogP contribution in [0.1, 0.15) is 35.3 Å². The number of nitrogens with zero attached hydrogens (tertiary/aromatic N) is 1. The fourth-order valence-electron chi connectivity index (χ4n) is 2.39. The fraction of sp³-hybridized carbons (Fsp3) is 0.263. The van der Waals surface area contributed by atoms with Gasteiger partial charge < -0.3 is 10.4 Å². The maximum Gasteiger partial charge on any atom is 0.304 e. The number of nitrogens with one attached hydrogen (secondary N) is 1. The maximum atomic E-state index is 12.2. The second-order valence-electron chi connectivity index (χ2n) is 5.75. The molecule has 2 aromatic rings. The summed E-state index contributed by atoms with van der Waals surface area (Å²) in [7, 11) is 1.89. The van der Waals surface area contributed by atoms with E-state index in [2.05, 4.69) is 5.32 Å². The van der Waals surface area contributed by atoms with Gasteiger partial charge in [0.1, 0.15) is 0 Å². The minimum atomic E-state index is -0.807. The summed E-state index contributed by atoms with van der Waals surface area (Å²) in [6.07, 6.45) is 0.102. The van der Waals surface area contributed by atoms with Crippen LogP contribution in [0.15, 0.2) is 54.6 Å². The lowest BCUT2D eigenvalue weighted by molar-refractivity contribution is -0.137. The van der Waals surface area contributed by atoms with Crippen LogP contribution in [0.2, 0.25) is 0 Å². The number of rotatable bonds is 7. The molecule has 1 amide bonds. The molecular formula is C19H22N2O3. The molecule has 0 spiro atoms. The molecule has 126 valence electrons. The molecule has 0 aliphatic carbocycles. The predicted molar refractivity (Wildman–Crippen MR) is 94.1 cm³/mol. The van der Waals surface area contributed by atoms with Gasteiger partial charge >= 0.3 is 5.97 Å². The van der Waals surface area contributed by atoms with Gasteiger partial charge in [-0.2, -0.15) is 0 Å². The van der Waals surface area contributed by atoms with E-state index in [0.29, 0.717) is 12.1 Å². The average Bonchev–Trinajstić information content (AvgIpc) is 2.60. The molecule has 0 saturated carbocycles. The van der Waals surface area contributed by atoms with Gasteiger partial charge in [-0.05, 0) is 43.8 Å². The van der Waals surface area contributed by atoms with E-state index in [1.807, 2.05) is 61.3 Å². The summed E-state index contributed by atoms with van der Waals surface area (Å²) in [6, 6.07) is 16.7. The first-order chi connectivity index (χ1) is 11.5. The van der Waals surface area contributed by atoms with Crippen LogP contribution in [-0.2, 0) is 4.79 Å². The van der Waals surface area contributed by atoms with Crippen LogP contribution in [-0.4, -0.2) is 35.5 Å². The first kappa shape index (κ1) is 17.7. The molecule has 0 fully saturated rings. The van der Waals surface area contributed by atoms with Crippen LogP contribution < -0.4 is 5.32 Å². The molecule has 2 aromatic carbocycles. The number of carboxylic acid groups (broad SMARTS) is 1. The van der Waals surface area contributed by atoms with Gasteiger partial charge in [-0.25, -0.2) is 0 Å². The van der Waals surface area contributed by atoms with Gasteiger partial charge in [0.2, 0.25) is 0 Å². The van der Waals surface area contributed by atoms with Crippen molar-refractivity contribution in [3.05, 3.63) is 65.7 Å². The summed E-state index contributed by atoms with van der Waals surface area (Å²) in [6.45, 7) is 2.48. The number of benzene rings is 2. The van der Waals surface area contributed by atoms with Crippen LogP contribution >= 0.6 is 0 Å². The third-order valence-corrected chi connectivity index (χ3v) is 4.00. The van der Waals surface area contributed by atoms with Crippen LogP contribution in [0.3, 0.4) is 0 Å². The van der Waals surface area contributed by atoms with Crippen molar-refractivity contribution in [2.75, 3.05) is 18.9 Å². The lowest BCUT2D eigenvalue weighted by Gasteiger charge is -2.24. The van der Waals surface area contributed by atoms with Gasteiger partial charge in [-0.1, -0.05) is 30.3 Å². The SMILES string of the molecule is CC(c1cccc(NC(=O)c2ccccc2)c1)N(C)CCC(=O)O. The number of hydrogen-bond donors (Lipinski definition) is 2. The van der Waals surface area contributed by atoms with Gasteiger partial charge in [0.05, 0.1) is 6.42 Å². The van der Waals surface area contributed by atoms with E-state index in [1.54, 1.807) is 12.1 Å². The molecule has 0 saturated heterocycles. The monoisotopic (exact) mass is 326 g/mol. The summed E-state index contributed by atoms with van der Waals surface area (Å²) in [5, 5.41) is 11.7. The molecule has 5 heteroatoms. The van der Waals surface area contributed by atoms with Crippen molar-refractivity contribution in [2.24, 2.45) is 0 Å². The Kier molecular flexibility index (Phi) is 6.09. The molecule has 0 radical (unpaired) electrons. The Morgan fingerprint density at radius 2 is 1.83 bits per heavy atom. The molecule has 1 atom stereocenters. The van der Waals surface area contributed by atoms with Crippen molar-refractivity contribution < 1.29 is 14.7 Å². The lowest BCUT2D eigenvalue weighted by atomic mass is 10.1. The molecule has 5 nitrogen and oxygen atoms in total. The van der Waals surface area contributed by atoms with Crippen LogP contribution in [0.5, 0.6) is 0 Å². The Bertz CT molecular complexity index is 701. The first-order valence-corrected chi connectivity index (χ1v) is 7.86. The predicted octanol–water partition coefficient (Wildman–Crippen LogP) is 3.41. The topological polar surface area (TPSA) is 69.6 Å². The van der Waals surface area contributed by atoms with Crippen molar-refractivity contribution in [1.82, 2.24) is 4.90 Å². The highest BCUT2D eigenvalue weighted by Crippen LogP contribution is 2.22. The average molecular weight is 326 g/mol. The van der Waals surface area contributed by atoms with Gasteiger partial charge in [0.25, 0.3) is 5.91 Å². The number of hydrogen-bond acceptors (Lipinski definition) is 3. The first-order valence-electron chi connectivity index (χ1n) is 7.86. The number of carbonyl (C=O) groups is 2. The van der Waals surface area contributed by atoms with Gasteiger partial charge in [-0.15, -0.1) is 0 Å².